The number of hydrogen-bond acceptors (Lipinski definition) is 3. The third-order valence-electron chi connectivity index (χ3n) is 3.15. The minimum atomic E-state index is 0.0549. The number of carbonyl (C=O) groups is 1. The molecular formula is C17H22N2O2. The SMILES string of the molecule is CCCNC(=O)CN(Cc1ccccc1)Cc1ccco1. The molecule has 1 aromatic heterocycles. The molecule has 4 nitrogen and oxygen atoms in total. The summed E-state index contributed by atoms with van der Waals surface area (Å²) in [5.41, 5.74) is 1.19. The van der Waals surface area contributed by atoms with Gasteiger partial charge in [-0.05, 0) is 24.1 Å². The van der Waals surface area contributed by atoms with Crippen LogP contribution in [0.4, 0.5) is 0 Å². The second kappa shape index (κ2) is 8.27. The molecule has 1 aromatic carbocycles. The summed E-state index contributed by atoms with van der Waals surface area (Å²) in [7, 11) is 0. The third-order valence-corrected chi connectivity index (χ3v) is 3.15. The van der Waals surface area contributed by atoms with Crippen molar-refractivity contribution >= 4 is 5.91 Å². The van der Waals surface area contributed by atoms with Crippen LogP contribution in [0.25, 0.3) is 0 Å². The summed E-state index contributed by atoms with van der Waals surface area (Å²) in [6.45, 7) is 4.49. The van der Waals surface area contributed by atoms with E-state index >= 15 is 0 Å². The highest BCUT2D eigenvalue weighted by atomic mass is 16.3. The number of benzene rings is 1. The molecule has 0 spiro atoms. The predicted octanol–water partition coefficient (Wildman–Crippen LogP) is 2.81. The first-order valence-electron chi connectivity index (χ1n) is 7.33. The Kier molecular flexibility index (Phi) is 6.03. The van der Waals surface area contributed by atoms with Crippen LogP contribution in [0, 0.1) is 0 Å². The summed E-state index contributed by atoms with van der Waals surface area (Å²) in [4.78, 5) is 14.0. The molecule has 0 fully saturated rings. The van der Waals surface area contributed by atoms with Crippen molar-refractivity contribution in [2.75, 3.05) is 13.1 Å². The van der Waals surface area contributed by atoms with Crippen LogP contribution in [0.3, 0.4) is 0 Å². The van der Waals surface area contributed by atoms with Gasteiger partial charge in [-0.2, -0.15) is 0 Å². The van der Waals surface area contributed by atoms with Gasteiger partial charge in [0.2, 0.25) is 5.91 Å². The van der Waals surface area contributed by atoms with Crippen molar-refractivity contribution in [1.29, 1.82) is 0 Å². The standard InChI is InChI=1S/C17H22N2O2/c1-2-10-18-17(20)14-19(13-16-9-6-11-21-16)12-15-7-4-3-5-8-15/h3-9,11H,2,10,12-14H2,1H3,(H,18,20). The van der Waals surface area contributed by atoms with Gasteiger partial charge in [-0.25, -0.2) is 0 Å². The predicted molar refractivity (Wildman–Crippen MR) is 82.6 cm³/mol. The molecule has 2 aromatic rings. The van der Waals surface area contributed by atoms with Gasteiger partial charge in [-0.1, -0.05) is 37.3 Å². The quantitative estimate of drug-likeness (QED) is 0.811. The van der Waals surface area contributed by atoms with E-state index in [2.05, 4.69) is 22.3 Å². The molecule has 4 heteroatoms. The molecular weight excluding hydrogens is 264 g/mol. The number of furan rings is 1. The van der Waals surface area contributed by atoms with Gasteiger partial charge in [-0.3, -0.25) is 9.69 Å². The molecule has 0 bridgehead atoms. The van der Waals surface area contributed by atoms with Crippen LogP contribution in [-0.4, -0.2) is 23.9 Å². The molecule has 0 saturated carbocycles. The van der Waals surface area contributed by atoms with E-state index in [-0.39, 0.29) is 5.91 Å². The molecule has 21 heavy (non-hydrogen) atoms. The smallest absolute Gasteiger partial charge is 0.234 e. The van der Waals surface area contributed by atoms with E-state index in [1.807, 2.05) is 37.3 Å². The van der Waals surface area contributed by atoms with Crippen molar-refractivity contribution in [1.82, 2.24) is 10.2 Å². The summed E-state index contributed by atoms with van der Waals surface area (Å²) in [5, 5.41) is 2.92. The van der Waals surface area contributed by atoms with E-state index in [1.54, 1.807) is 6.26 Å². The highest BCUT2D eigenvalue weighted by Crippen LogP contribution is 2.10. The van der Waals surface area contributed by atoms with Crippen molar-refractivity contribution in [2.45, 2.75) is 26.4 Å². The van der Waals surface area contributed by atoms with Crippen molar-refractivity contribution in [3.05, 3.63) is 60.1 Å². The molecule has 2 rings (SSSR count). The van der Waals surface area contributed by atoms with Crippen molar-refractivity contribution in [3.63, 3.8) is 0 Å². The third kappa shape index (κ3) is 5.44. The number of nitrogens with one attached hydrogen (secondary N) is 1. The van der Waals surface area contributed by atoms with E-state index in [9.17, 15) is 4.79 Å². The average Bonchev–Trinajstić information content (AvgIpc) is 2.99. The minimum Gasteiger partial charge on any atom is -0.468 e. The van der Waals surface area contributed by atoms with Crippen LogP contribution in [0.2, 0.25) is 0 Å². The summed E-state index contributed by atoms with van der Waals surface area (Å²) in [6, 6.07) is 14.0. The number of amides is 1. The van der Waals surface area contributed by atoms with Crippen LogP contribution in [0.1, 0.15) is 24.7 Å². The molecule has 0 aliphatic rings. The number of rotatable bonds is 8. The first-order chi connectivity index (χ1) is 10.3. The van der Waals surface area contributed by atoms with Gasteiger partial charge < -0.3 is 9.73 Å². The molecule has 1 heterocycles. The summed E-state index contributed by atoms with van der Waals surface area (Å²) < 4.78 is 5.39. The van der Waals surface area contributed by atoms with Crippen LogP contribution in [0.15, 0.2) is 53.1 Å². The average molecular weight is 286 g/mol. The molecule has 0 unspecified atom stereocenters. The van der Waals surface area contributed by atoms with Gasteiger partial charge in [0.15, 0.2) is 0 Å². The Labute approximate surface area is 125 Å². The van der Waals surface area contributed by atoms with Crippen molar-refractivity contribution in [3.8, 4) is 0 Å². The number of nitrogens with zero attached hydrogens (tertiary/aromatic N) is 1. The fraction of sp³-hybridized carbons (Fsp3) is 0.353. The number of carbonyl (C=O) groups excluding carboxylic acids is 1. The van der Waals surface area contributed by atoms with Gasteiger partial charge >= 0.3 is 0 Å². The Bertz CT molecular complexity index is 523. The lowest BCUT2D eigenvalue weighted by molar-refractivity contribution is -0.122. The largest absolute Gasteiger partial charge is 0.468 e. The molecule has 0 saturated heterocycles. The molecule has 0 aliphatic heterocycles. The van der Waals surface area contributed by atoms with Crippen molar-refractivity contribution < 1.29 is 9.21 Å². The Balaban J connectivity index is 1.97. The topological polar surface area (TPSA) is 45.5 Å². The van der Waals surface area contributed by atoms with Crippen LogP contribution in [-0.2, 0) is 17.9 Å². The fourth-order valence-electron chi connectivity index (χ4n) is 2.16. The molecule has 0 aliphatic carbocycles. The van der Waals surface area contributed by atoms with Crippen LogP contribution >= 0.6 is 0 Å². The van der Waals surface area contributed by atoms with Gasteiger partial charge in [0, 0.05) is 13.1 Å². The first-order valence-corrected chi connectivity index (χ1v) is 7.33. The highest BCUT2D eigenvalue weighted by Gasteiger charge is 2.13. The van der Waals surface area contributed by atoms with Gasteiger partial charge in [0.05, 0.1) is 19.4 Å². The molecule has 0 radical (unpaired) electrons. The zero-order valence-electron chi connectivity index (χ0n) is 12.4. The lowest BCUT2D eigenvalue weighted by atomic mass is 10.2. The zero-order chi connectivity index (χ0) is 14.9. The van der Waals surface area contributed by atoms with Gasteiger partial charge in [0.1, 0.15) is 5.76 Å². The second-order valence-corrected chi connectivity index (χ2v) is 5.06. The minimum absolute atomic E-state index is 0.0549. The van der Waals surface area contributed by atoms with E-state index in [0.29, 0.717) is 13.1 Å². The second-order valence-electron chi connectivity index (χ2n) is 5.06. The summed E-state index contributed by atoms with van der Waals surface area (Å²) in [6.07, 6.45) is 2.61. The maximum atomic E-state index is 11.9. The van der Waals surface area contributed by atoms with E-state index < -0.39 is 0 Å². The first kappa shape index (κ1) is 15.3. The maximum absolute atomic E-state index is 11.9. The van der Waals surface area contributed by atoms with Crippen molar-refractivity contribution in [2.24, 2.45) is 0 Å². The number of hydrogen-bond donors (Lipinski definition) is 1. The summed E-state index contributed by atoms with van der Waals surface area (Å²) >= 11 is 0. The van der Waals surface area contributed by atoms with Crippen LogP contribution < -0.4 is 5.32 Å². The van der Waals surface area contributed by atoms with Gasteiger partial charge in [0.25, 0.3) is 0 Å². The normalized spacial score (nSPS) is 10.8. The van der Waals surface area contributed by atoms with Gasteiger partial charge in [-0.15, -0.1) is 0 Å². The molecule has 1 N–H and O–H groups in total. The Morgan fingerprint density at radius 1 is 1.14 bits per heavy atom. The molecule has 112 valence electrons. The maximum Gasteiger partial charge on any atom is 0.234 e. The van der Waals surface area contributed by atoms with Crippen LogP contribution in [0.5, 0.6) is 0 Å². The Morgan fingerprint density at radius 3 is 2.62 bits per heavy atom. The zero-order valence-corrected chi connectivity index (χ0v) is 12.4. The lowest BCUT2D eigenvalue weighted by Gasteiger charge is -2.20. The Hall–Kier alpha value is -2.07. The molecule has 1 amide bonds. The lowest BCUT2D eigenvalue weighted by Crippen LogP contribution is -2.36. The van der Waals surface area contributed by atoms with E-state index in [1.165, 1.54) is 5.56 Å². The Morgan fingerprint density at radius 2 is 1.95 bits per heavy atom. The highest BCUT2D eigenvalue weighted by molar-refractivity contribution is 5.77. The fourth-order valence-corrected chi connectivity index (χ4v) is 2.16. The monoisotopic (exact) mass is 286 g/mol. The molecule has 0 atom stereocenters. The van der Waals surface area contributed by atoms with E-state index in [4.69, 9.17) is 4.42 Å². The van der Waals surface area contributed by atoms with E-state index in [0.717, 1.165) is 25.3 Å². The summed E-state index contributed by atoms with van der Waals surface area (Å²) in [5.74, 6) is 0.925.